The predicted octanol–water partition coefficient (Wildman–Crippen LogP) is 4.13. The van der Waals surface area contributed by atoms with Gasteiger partial charge in [-0.2, -0.15) is 0 Å². The van der Waals surface area contributed by atoms with Crippen molar-refractivity contribution in [2.45, 2.75) is 32.4 Å². The summed E-state index contributed by atoms with van der Waals surface area (Å²) in [6, 6.07) is 13.0. The van der Waals surface area contributed by atoms with Crippen LogP contribution in [0.2, 0.25) is 0 Å². The zero-order valence-electron chi connectivity index (χ0n) is 14.8. The maximum Gasteiger partial charge on any atom is 0.278 e. The Morgan fingerprint density at radius 1 is 1.16 bits per heavy atom. The van der Waals surface area contributed by atoms with Gasteiger partial charge >= 0.3 is 0 Å². The third-order valence-corrected chi connectivity index (χ3v) is 4.43. The third-order valence-electron chi connectivity index (χ3n) is 4.43. The first kappa shape index (κ1) is 17.3. The average Bonchev–Trinajstić information content (AvgIpc) is 2.67. The molecule has 0 spiro atoms. The lowest BCUT2D eigenvalue weighted by atomic mass is 9.94. The number of hydrogen-bond donors (Lipinski definition) is 0. The molecule has 1 aliphatic rings. The van der Waals surface area contributed by atoms with E-state index in [0.29, 0.717) is 23.7 Å². The summed E-state index contributed by atoms with van der Waals surface area (Å²) in [6.07, 6.45) is 1.74. The lowest BCUT2D eigenvalue weighted by Gasteiger charge is -2.36. The summed E-state index contributed by atoms with van der Waals surface area (Å²) >= 11 is 0. The highest BCUT2D eigenvalue weighted by molar-refractivity contribution is 5.93. The summed E-state index contributed by atoms with van der Waals surface area (Å²) in [6.45, 7) is 2.43. The Kier molecular flexibility index (Phi) is 5.24. The maximum absolute atomic E-state index is 12.9. The molecular formula is C20H23NO4. The fraction of sp³-hybridized carbons (Fsp3) is 0.350. The van der Waals surface area contributed by atoms with Crippen molar-refractivity contribution in [3.63, 3.8) is 0 Å². The number of carbonyl (C=O) groups is 1. The molecule has 1 atom stereocenters. The third kappa shape index (κ3) is 3.33. The second kappa shape index (κ2) is 7.57. The van der Waals surface area contributed by atoms with Crippen molar-refractivity contribution in [1.82, 2.24) is 5.06 Å². The quantitative estimate of drug-likeness (QED) is 0.820. The second-order valence-corrected chi connectivity index (χ2v) is 5.98. The van der Waals surface area contributed by atoms with Crippen LogP contribution in [-0.2, 0) is 11.4 Å². The molecular weight excluding hydrogens is 318 g/mol. The van der Waals surface area contributed by atoms with E-state index in [2.05, 4.69) is 6.92 Å². The normalized spacial score (nSPS) is 16.3. The maximum atomic E-state index is 12.9. The fourth-order valence-corrected chi connectivity index (χ4v) is 3.18. The molecule has 1 aliphatic heterocycles. The Hall–Kier alpha value is -2.53. The van der Waals surface area contributed by atoms with Crippen molar-refractivity contribution in [2.75, 3.05) is 14.2 Å². The van der Waals surface area contributed by atoms with Crippen LogP contribution in [0.5, 0.6) is 11.5 Å². The Balaban J connectivity index is 2.00. The van der Waals surface area contributed by atoms with E-state index in [4.69, 9.17) is 14.3 Å². The number of methoxy groups -OCH3 is 2. The minimum atomic E-state index is -0.152. The molecule has 0 saturated heterocycles. The Morgan fingerprint density at radius 3 is 2.48 bits per heavy atom. The average molecular weight is 341 g/mol. The molecule has 0 aliphatic carbocycles. The zero-order chi connectivity index (χ0) is 17.8. The number of nitrogens with zero attached hydrogens (tertiary/aromatic N) is 1. The van der Waals surface area contributed by atoms with E-state index < -0.39 is 0 Å². The number of fused-ring (bicyclic) bond motifs is 1. The standard InChI is InChI=1S/C20H23NO4/c1-4-8-17-16-12-19(24-3)18(23-2)11-15(16)13-25-21(17)20(22)14-9-6-5-7-10-14/h5-7,9-12,17H,4,8,13H2,1-3H3. The number of ether oxygens (including phenoxy) is 2. The van der Waals surface area contributed by atoms with Gasteiger partial charge in [-0.15, -0.1) is 0 Å². The molecule has 0 bridgehead atoms. The van der Waals surface area contributed by atoms with Crippen LogP contribution < -0.4 is 9.47 Å². The van der Waals surface area contributed by atoms with Gasteiger partial charge in [-0.05, 0) is 41.8 Å². The SMILES string of the molecule is CCCC1c2cc(OC)c(OC)cc2CON1C(=O)c1ccccc1. The lowest BCUT2D eigenvalue weighted by molar-refractivity contribution is -0.173. The fourth-order valence-electron chi connectivity index (χ4n) is 3.18. The van der Waals surface area contributed by atoms with Gasteiger partial charge < -0.3 is 9.47 Å². The van der Waals surface area contributed by atoms with E-state index >= 15 is 0 Å². The van der Waals surface area contributed by atoms with Gasteiger partial charge in [-0.3, -0.25) is 9.63 Å². The van der Waals surface area contributed by atoms with Crippen LogP contribution in [0.3, 0.4) is 0 Å². The Bertz CT molecular complexity index is 745. The van der Waals surface area contributed by atoms with E-state index in [1.807, 2.05) is 30.3 Å². The number of benzene rings is 2. The summed E-state index contributed by atoms with van der Waals surface area (Å²) in [5.74, 6) is 1.21. The molecule has 0 saturated carbocycles. The van der Waals surface area contributed by atoms with E-state index in [1.165, 1.54) is 5.06 Å². The van der Waals surface area contributed by atoms with Crippen LogP contribution in [-0.4, -0.2) is 25.2 Å². The van der Waals surface area contributed by atoms with Gasteiger partial charge in [0.1, 0.15) is 6.61 Å². The molecule has 132 valence electrons. The Labute approximate surface area is 148 Å². The van der Waals surface area contributed by atoms with Gasteiger partial charge in [-0.1, -0.05) is 31.5 Å². The minimum absolute atomic E-state index is 0.125. The molecule has 2 aromatic carbocycles. The van der Waals surface area contributed by atoms with E-state index in [0.717, 1.165) is 24.0 Å². The summed E-state index contributed by atoms with van der Waals surface area (Å²) < 4.78 is 10.8. The second-order valence-electron chi connectivity index (χ2n) is 5.98. The zero-order valence-corrected chi connectivity index (χ0v) is 14.8. The van der Waals surface area contributed by atoms with Gasteiger partial charge in [0.05, 0.1) is 20.3 Å². The highest BCUT2D eigenvalue weighted by atomic mass is 16.7. The minimum Gasteiger partial charge on any atom is -0.493 e. The lowest BCUT2D eigenvalue weighted by Crippen LogP contribution is -2.38. The van der Waals surface area contributed by atoms with Crippen LogP contribution in [0.1, 0.15) is 47.3 Å². The molecule has 0 fully saturated rings. The van der Waals surface area contributed by atoms with Gasteiger partial charge in [0.25, 0.3) is 5.91 Å². The molecule has 1 amide bonds. The van der Waals surface area contributed by atoms with E-state index in [1.54, 1.807) is 26.4 Å². The van der Waals surface area contributed by atoms with Crippen LogP contribution in [0.25, 0.3) is 0 Å². The van der Waals surface area contributed by atoms with Crippen LogP contribution in [0, 0.1) is 0 Å². The first-order valence-electron chi connectivity index (χ1n) is 8.45. The van der Waals surface area contributed by atoms with E-state index in [-0.39, 0.29) is 11.9 Å². The molecule has 25 heavy (non-hydrogen) atoms. The highest BCUT2D eigenvalue weighted by Gasteiger charge is 2.33. The number of amides is 1. The Morgan fingerprint density at radius 2 is 1.84 bits per heavy atom. The van der Waals surface area contributed by atoms with Crippen molar-refractivity contribution in [3.05, 3.63) is 59.2 Å². The van der Waals surface area contributed by atoms with Crippen molar-refractivity contribution in [3.8, 4) is 11.5 Å². The van der Waals surface area contributed by atoms with Crippen molar-refractivity contribution >= 4 is 5.91 Å². The summed E-state index contributed by atoms with van der Waals surface area (Å²) in [4.78, 5) is 18.8. The number of rotatable bonds is 5. The molecule has 1 unspecified atom stereocenters. The molecule has 3 rings (SSSR count). The molecule has 1 heterocycles. The van der Waals surface area contributed by atoms with Gasteiger partial charge in [0.2, 0.25) is 0 Å². The van der Waals surface area contributed by atoms with Gasteiger partial charge in [-0.25, -0.2) is 5.06 Å². The topological polar surface area (TPSA) is 48.0 Å². The monoisotopic (exact) mass is 341 g/mol. The first-order valence-corrected chi connectivity index (χ1v) is 8.45. The van der Waals surface area contributed by atoms with Crippen molar-refractivity contribution in [1.29, 1.82) is 0 Å². The van der Waals surface area contributed by atoms with Gasteiger partial charge in [0, 0.05) is 5.56 Å². The highest BCUT2D eigenvalue weighted by Crippen LogP contribution is 2.40. The van der Waals surface area contributed by atoms with Crippen molar-refractivity contribution < 1.29 is 19.1 Å². The summed E-state index contributed by atoms with van der Waals surface area (Å²) in [7, 11) is 3.23. The predicted molar refractivity (Wildman–Crippen MR) is 94.6 cm³/mol. The van der Waals surface area contributed by atoms with Crippen molar-refractivity contribution in [2.24, 2.45) is 0 Å². The van der Waals surface area contributed by atoms with Gasteiger partial charge in [0.15, 0.2) is 11.5 Å². The molecule has 0 radical (unpaired) electrons. The van der Waals surface area contributed by atoms with Crippen LogP contribution >= 0.6 is 0 Å². The largest absolute Gasteiger partial charge is 0.493 e. The smallest absolute Gasteiger partial charge is 0.278 e. The van der Waals surface area contributed by atoms with Crippen LogP contribution in [0.15, 0.2) is 42.5 Å². The molecule has 0 aromatic heterocycles. The van der Waals surface area contributed by atoms with Crippen LogP contribution in [0.4, 0.5) is 0 Å². The number of hydroxylamine groups is 2. The molecule has 0 N–H and O–H groups in total. The summed E-state index contributed by atoms with van der Waals surface area (Å²) in [5, 5.41) is 1.51. The number of carbonyl (C=O) groups excluding carboxylic acids is 1. The molecule has 5 nitrogen and oxygen atoms in total. The number of hydrogen-bond acceptors (Lipinski definition) is 4. The molecule has 5 heteroatoms. The van der Waals surface area contributed by atoms with E-state index in [9.17, 15) is 4.79 Å². The first-order chi connectivity index (χ1) is 12.2. The molecule has 2 aromatic rings. The summed E-state index contributed by atoms with van der Waals surface area (Å²) in [5.41, 5.74) is 2.69.